The molecule has 0 N–H and O–H groups in total. The van der Waals surface area contributed by atoms with Crippen LogP contribution in [0.15, 0.2) is 4.52 Å². The smallest absolute Gasteiger partial charge is 0.140 e. The molecule has 2 rings (SSSR count). The second-order valence-corrected chi connectivity index (χ2v) is 3.21. The predicted molar refractivity (Wildman–Crippen MR) is 45.8 cm³/mol. The zero-order valence-corrected chi connectivity index (χ0v) is 7.23. The highest BCUT2D eigenvalue weighted by molar-refractivity contribution is 7.79. The van der Waals surface area contributed by atoms with Crippen molar-refractivity contribution in [2.45, 2.75) is 31.4 Å². The molecule has 0 atom stereocenters. The van der Waals surface area contributed by atoms with E-state index in [1.807, 2.05) is 0 Å². The summed E-state index contributed by atoms with van der Waals surface area (Å²) in [5, 5.41) is 3.96. The SMILES string of the molecule is SCc1noc2c1CCCC2. The van der Waals surface area contributed by atoms with Crippen LogP contribution in [0.4, 0.5) is 0 Å². The van der Waals surface area contributed by atoms with Gasteiger partial charge in [0.05, 0.1) is 5.69 Å². The van der Waals surface area contributed by atoms with Crippen molar-refractivity contribution in [2.75, 3.05) is 0 Å². The Balaban J connectivity index is 2.38. The van der Waals surface area contributed by atoms with Gasteiger partial charge in [0.15, 0.2) is 0 Å². The number of hydrogen-bond donors (Lipinski definition) is 1. The maximum absolute atomic E-state index is 5.18. The van der Waals surface area contributed by atoms with Crippen molar-refractivity contribution >= 4 is 12.6 Å². The van der Waals surface area contributed by atoms with Crippen LogP contribution in [0.2, 0.25) is 0 Å². The highest BCUT2D eigenvalue weighted by atomic mass is 32.1. The fourth-order valence-corrected chi connectivity index (χ4v) is 1.82. The number of rotatable bonds is 1. The molecule has 1 aliphatic rings. The number of aromatic nitrogens is 1. The van der Waals surface area contributed by atoms with Gasteiger partial charge in [-0.25, -0.2) is 0 Å². The normalized spacial score (nSPS) is 16.5. The molecular weight excluding hydrogens is 158 g/mol. The van der Waals surface area contributed by atoms with E-state index >= 15 is 0 Å². The summed E-state index contributed by atoms with van der Waals surface area (Å²) in [4.78, 5) is 0. The Morgan fingerprint density at radius 2 is 2.18 bits per heavy atom. The van der Waals surface area contributed by atoms with Crippen LogP contribution >= 0.6 is 12.6 Å². The van der Waals surface area contributed by atoms with Gasteiger partial charge in [0.25, 0.3) is 0 Å². The van der Waals surface area contributed by atoms with E-state index in [-0.39, 0.29) is 0 Å². The summed E-state index contributed by atoms with van der Waals surface area (Å²) in [5.41, 5.74) is 2.37. The monoisotopic (exact) mass is 169 g/mol. The fraction of sp³-hybridized carbons (Fsp3) is 0.625. The summed E-state index contributed by atoms with van der Waals surface area (Å²) in [5.74, 6) is 1.80. The minimum Gasteiger partial charge on any atom is -0.361 e. The van der Waals surface area contributed by atoms with Crippen molar-refractivity contribution in [3.05, 3.63) is 17.0 Å². The van der Waals surface area contributed by atoms with Gasteiger partial charge in [-0.2, -0.15) is 12.6 Å². The molecule has 1 heterocycles. The molecule has 60 valence electrons. The molecule has 1 aromatic rings. The summed E-state index contributed by atoms with van der Waals surface area (Å²) in [6.45, 7) is 0. The number of thiol groups is 1. The summed E-state index contributed by atoms with van der Waals surface area (Å²) >= 11 is 4.19. The number of fused-ring (bicyclic) bond motifs is 1. The van der Waals surface area contributed by atoms with E-state index in [4.69, 9.17) is 4.52 Å². The second kappa shape index (κ2) is 2.89. The van der Waals surface area contributed by atoms with Crippen molar-refractivity contribution in [2.24, 2.45) is 0 Å². The summed E-state index contributed by atoms with van der Waals surface area (Å²) in [7, 11) is 0. The molecular formula is C8H11NOS. The van der Waals surface area contributed by atoms with Crippen molar-refractivity contribution in [1.82, 2.24) is 5.16 Å². The molecule has 1 aromatic heterocycles. The van der Waals surface area contributed by atoms with Gasteiger partial charge in [-0.05, 0) is 19.3 Å². The highest BCUT2D eigenvalue weighted by Crippen LogP contribution is 2.24. The molecule has 0 bridgehead atoms. The van der Waals surface area contributed by atoms with Crippen molar-refractivity contribution in [3.8, 4) is 0 Å². The third-order valence-corrected chi connectivity index (χ3v) is 2.48. The molecule has 2 nitrogen and oxygen atoms in total. The molecule has 0 saturated carbocycles. The third-order valence-electron chi connectivity index (χ3n) is 2.18. The lowest BCUT2D eigenvalue weighted by molar-refractivity contribution is 0.369. The van der Waals surface area contributed by atoms with Gasteiger partial charge in [0, 0.05) is 17.7 Å². The first-order valence-electron chi connectivity index (χ1n) is 3.99. The topological polar surface area (TPSA) is 26.0 Å². The van der Waals surface area contributed by atoms with Gasteiger partial charge in [-0.15, -0.1) is 0 Å². The molecule has 3 heteroatoms. The molecule has 0 spiro atoms. The second-order valence-electron chi connectivity index (χ2n) is 2.90. The lowest BCUT2D eigenvalue weighted by Crippen LogP contribution is -2.00. The molecule has 0 aromatic carbocycles. The minimum atomic E-state index is 0.707. The van der Waals surface area contributed by atoms with Gasteiger partial charge >= 0.3 is 0 Å². The summed E-state index contributed by atoms with van der Waals surface area (Å²) < 4.78 is 5.18. The molecule has 11 heavy (non-hydrogen) atoms. The van der Waals surface area contributed by atoms with Gasteiger partial charge in [-0.1, -0.05) is 5.16 Å². The van der Waals surface area contributed by atoms with Crippen LogP contribution in [0.3, 0.4) is 0 Å². The Kier molecular flexibility index (Phi) is 1.90. The van der Waals surface area contributed by atoms with Crippen molar-refractivity contribution < 1.29 is 4.52 Å². The first-order chi connectivity index (χ1) is 5.42. The first-order valence-corrected chi connectivity index (χ1v) is 4.62. The third kappa shape index (κ3) is 1.18. The average Bonchev–Trinajstić information content (AvgIpc) is 2.47. The number of aryl methyl sites for hydroxylation is 1. The molecule has 1 aliphatic carbocycles. The molecule has 0 amide bonds. The zero-order valence-electron chi connectivity index (χ0n) is 6.34. The van der Waals surface area contributed by atoms with Crippen LogP contribution in [0.1, 0.15) is 29.9 Å². The Labute approximate surface area is 71.4 Å². The van der Waals surface area contributed by atoms with Crippen LogP contribution in [0.5, 0.6) is 0 Å². The van der Waals surface area contributed by atoms with Crippen LogP contribution in [-0.2, 0) is 18.6 Å². The Morgan fingerprint density at radius 3 is 3.00 bits per heavy atom. The molecule has 0 radical (unpaired) electrons. The van der Waals surface area contributed by atoms with E-state index in [2.05, 4.69) is 17.8 Å². The quantitative estimate of drug-likeness (QED) is 0.650. The zero-order chi connectivity index (χ0) is 7.68. The van der Waals surface area contributed by atoms with E-state index in [1.54, 1.807) is 0 Å². The maximum Gasteiger partial charge on any atom is 0.140 e. The number of nitrogens with zero attached hydrogens (tertiary/aromatic N) is 1. The minimum absolute atomic E-state index is 0.707. The van der Waals surface area contributed by atoms with Gasteiger partial charge in [0.1, 0.15) is 5.76 Å². The summed E-state index contributed by atoms with van der Waals surface area (Å²) in [6, 6.07) is 0. The predicted octanol–water partition coefficient (Wildman–Crippen LogP) is 1.98. The molecule has 0 aliphatic heterocycles. The molecule has 0 saturated heterocycles. The Bertz CT molecular complexity index is 243. The van der Waals surface area contributed by atoms with Crippen LogP contribution < -0.4 is 0 Å². The van der Waals surface area contributed by atoms with E-state index in [0.29, 0.717) is 5.75 Å². The van der Waals surface area contributed by atoms with Crippen LogP contribution in [0, 0.1) is 0 Å². The summed E-state index contributed by atoms with van der Waals surface area (Å²) in [6.07, 6.45) is 4.72. The van der Waals surface area contributed by atoms with E-state index in [1.165, 1.54) is 18.4 Å². The highest BCUT2D eigenvalue weighted by Gasteiger charge is 2.17. The van der Waals surface area contributed by atoms with Crippen LogP contribution in [-0.4, -0.2) is 5.16 Å². The van der Waals surface area contributed by atoms with Gasteiger partial charge in [0.2, 0.25) is 0 Å². The van der Waals surface area contributed by atoms with Crippen molar-refractivity contribution in [3.63, 3.8) is 0 Å². The standard InChI is InChI=1S/C8H11NOS/c11-5-7-6-3-1-2-4-8(6)10-9-7/h11H,1-5H2. The largest absolute Gasteiger partial charge is 0.361 e. The van der Waals surface area contributed by atoms with Gasteiger partial charge < -0.3 is 4.52 Å². The fourth-order valence-electron chi connectivity index (χ4n) is 1.57. The molecule has 0 fully saturated rings. The maximum atomic E-state index is 5.18. The average molecular weight is 169 g/mol. The Hall–Kier alpha value is -0.440. The Morgan fingerprint density at radius 1 is 1.36 bits per heavy atom. The van der Waals surface area contributed by atoms with E-state index < -0.39 is 0 Å². The lowest BCUT2D eigenvalue weighted by atomic mass is 9.97. The molecule has 0 unspecified atom stereocenters. The first kappa shape index (κ1) is 7.22. The van der Waals surface area contributed by atoms with E-state index in [9.17, 15) is 0 Å². The lowest BCUT2D eigenvalue weighted by Gasteiger charge is -2.07. The number of hydrogen-bond acceptors (Lipinski definition) is 3. The van der Waals surface area contributed by atoms with Gasteiger partial charge in [-0.3, -0.25) is 0 Å². The van der Waals surface area contributed by atoms with Crippen LogP contribution in [0.25, 0.3) is 0 Å². The van der Waals surface area contributed by atoms with Crippen molar-refractivity contribution in [1.29, 1.82) is 0 Å². The van der Waals surface area contributed by atoms with E-state index in [0.717, 1.165) is 24.3 Å².